The number of aromatic hydroxyl groups is 2. The molecule has 15 aromatic rings. The predicted octanol–water partition coefficient (Wildman–Crippen LogP) is 26.1. The van der Waals surface area contributed by atoms with Gasteiger partial charge in [0.15, 0.2) is 0 Å². The zero-order valence-electron chi connectivity index (χ0n) is 75.4. The van der Waals surface area contributed by atoms with Crippen LogP contribution in [0.15, 0.2) is 255 Å². The molecular formula is C110H116N6O2P2Pt2-2. The molecular weight excluding hydrogens is 1890 g/mol. The summed E-state index contributed by atoms with van der Waals surface area (Å²) in [5.41, 5.74) is 19.6. The van der Waals surface area contributed by atoms with Crippen LogP contribution in [-0.2, 0) is 85.5 Å². The molecule has 0 unspecified atom stereocenters. The first kappa shape index (κ1) is 90.2. The van der Waals surface area contributed by atoms with Crippen molar-refractivity contribution in [1.82, 2.24) is 29.1 Å². The van der Waals surface area contributed by atoms with Gasteiger partial charge in [0.2, 0.25) is 0 Å². The zero-order valence-corrected chi connectivity index (χ0v) is 81.7. The van der Waals surface area contributed by atoms with Gasteiger partial charge in [-0.25, -0.2) is 9.97 Å². The van der Waals surface area contributed by atoms with Crippen LogP contribution in [0.25, 0.3) is 101 Å². The fourth-order valence-electron chi connectivity index (χ4n) is 16.1. The van der Waals surface area contributed by atoms with E-state index in [1.807, 2.05) is 0 Å². The van der Waals surface area contributed by atoms with E-state index in [1.165, 1.54) is 43.5 Å². The average molecular weight is 2010 g/mol. The molecule has 3 heterocycles. The van der Waals surface area contributed by atoms with Crippen molar-refractivity contribution < 1.29 is 52.3 Å². The monoisotopic (exact) mass is 2000 g/mol. The number of imidazole rings is 2. The maximum Gasteiger partial charge on any atom is 0.148 e. The Kier molecular flexibility index (Phi) is 25.0. The fourth-order valence-corrected chi connectivity index (χ4v) is 20.8. The van der Waals surface area contributed by atoms with Crippen molar-refractivity contribution in [2.75, 3.05) is 0 Å². The molecule has 15 rings (SSSR count). The SMILES string of the molecule is CC(C)(C)c1cc(-n2c(-c3cc(C(C)(C)C)cc(C(C)(C)C)c3O)nc3c(-c4[c-]c(-c5cc(-c6[c-]c(-c7cccc8c7nc(-c7cc(C(C)(C)C)cc(C(C)(C)C)c7O)n8-c7cc(C(C)(C)C)cc(C(C)(C)C)c7)cc(P(c7ccccc7)c7ccccc7)c6)ncn5)cc(P(c5ccccc5)c5ccccc5)c4)cccc32)cc(C(C)(C)C)c1.[Pt].[Pt]. The Morgan fingerprint density at radius 1 is 0.270 bits per heavy atom. The third-order valence-corrected chi connectivity index (χ3v) is 28.1. The summed E-state index contributed by atoms with van der Waals surface area (Å²) >= 11 is 0. The molecule has 0 fully saturated rings. The van der Waals surface area contributed by atoms with Gasteiger partial charge in [-0.3, -0.25) is 19.1 Å². The largest absolute Gasteiger partial charge is 0.507 e. The molecule has 0 aliphatic heterocycles. The van der Waals surface area contributed by atoms with Gasteiger partial charge < -0.3 is 10.2 Å². The molecule has 8 nitrogen and oxygen atoms in total. The molecule has 0 aliphatic rings. The van der Waals surface area contributed by atoms with E-state index < -0.39 is 26.7 Å². The van der Waals surface area contributed by atoms with Gasteiger partial charge in [-0.05, 0) is 162 Å². The van der Waals surface area contributed by atoms with E-state index in [2.05, 4.69) is 436 Å². The van der Waals surface area contributed by atoms with Crippen LogP contribution in [0.3, 0.4) is 0 Å². The summed E-state index contributed by atoms with van der Waals surface area (Å²) in [7, 11) is -2.40. The van der Waals surface area contributed by atoms with Gasteiger partial charge in [-0.15, -0.1) is 47.5 Å². The number of nitrogens with zero attached hydrogens (tertiary/aromatic N) is 6. The summed E-state index contributed by atoms with van der Waals surface area (Å²) in [6.07, 6.45) is 1.70. The first-order chi connectivity index (χ1) is 56.4. The first-order valence-corrected chi connectivity index (χ1v) is 45.0. The summed E-state index contributed by atoms with van der Waals surface area (Å²) in [4.78, 5) is 22.5. The van der Waals surface area contributed by atoms with Crippen LogP contribution in [0.5, 0.6) is 11.5 Å². The van der Waals surface area contributed by atoms with Crippen molar-refractivity contribution in [3.63, 3.8) is 0 Å². The van der Waals surface area contributed by atoms with Crippen molar-refractivity contribution in [3.8, 4) is 90.4 Å². The Hall–Kier alpha value is -9.50. The minimum atomic E-state index is -1.20. The molecule has 12 heteroatoms. The topological polar surface area (TPSA) is 102 Å². The van der Waals surface area contributed by atoms with E-state index >= 15 is 0 Å². The zero-order chi connectivity index (χ0) is 85.9. The molecule has 630 valence electrons. The van der Waals surface area contributed by atoms with Crippen LogP contribution in [-0.4, -0.2) is 39.3 Å². The molecule has 122 heavy (non-hydrogen) atoms. The van der Waals surface area contributed by atoms with Crippen LogP contribution in [0.1, 0.15) is 211 Å². The summed E-state index contributed by atoms with van der Waals surface area (Å²) in [5, 5.41) is 33.2. The molecule has 0 atom stereocenters. The molecule has 3 aromatic heterocycles. The summed E-state index contributed by atoms with van der Waals surface area (Å²) in [5.74, 6) is 1.74. The molecule has 0 amide bonds. The van der Waals surface area contributed by atoms with E-state index in [0.717, 1.165) is 99.7 Å². The third-order valence-electron chi connectivity index (χ3n) is 23.3. The molecule has 0 aliphatic carbocycles. The fraction of sp³-hybridized carbons (Fsp3) is 0.291. The first-order valence-electron chi connectivity index (χ1n) is 42.3. The normalized spacial score (nSPS) is 12.7. The van der Waals surface area contributed by atoms with Crippen LogP contribution < -0.4 is 31.8 Å². The van der Waals surface area contributed by atoms with Gasteiger partial charge in [0.05, 0.1) is 39.5 Å². The van der Waals surface area contributed by atoms with Crippen molar-refractivity contribution in [2.24, 2.45) is 0 Å². The van der Waals surface area contributed by atoms with Gasteiger partial charge in [-0.1, -0.05) is 375 Å². The number of hydrogen-bond donors (Lipinski definition) is 2. The molecule has 0 saturated carbocycles. The third kappa shape index (κ3) is 18.4. The van der Waals surface area contributed by atoms with Crippen LogP contribution in [0.2, 0.25) is 0 Å². The molecule has 12 aromatic carbocycles. The maximum absolute atomic E-state index is 13.1. The number of phenols is 2. The Labute approximate surface area is 756 Å². The molecule has 2 N–H and O–H groups in total. The smallest absolute Gasteiger partial charge is 0.148 e. The standard InChI is InChI=1S/C110H116N6O2P2.2Pt/c1-103(2,3)73-57-74(104(4,5)6)60-79(59-73)115-95-49-37-47-87(97(95)113-101(115)89-63-77(107(13,14)15)65-91(99(89)117)109(19,20)21)69-51-71(55-85(53-69)119(81-39-29-25-30-40-81)82-41-31-26-32-42-82)93-67-94(112-68-111-93)72-52-70(54-86(56-72)120(83-43-33-27-34-44-83)84-45-35-28-36-46-84)88-48-38-50-96-98(88)114-102(90-64-78(108(16,17)18)66-92(100(90)118)110(22,23)24)116(96)80-61-75(105(7,8)9)58-76(62-80)106(10,11)12;;/h25-50,53-68,117-118H,1-24H3;;/q-2;;. The van der Waals surface area contributed by atoms with E-state index in [-0.39, 0.29) is 86.1 Å². The maximum atomic E-state index is 13.1. The molecule has 0 spiro atoms. The number of fused-ring (bicyclic) bond motifs is 2. The number of aromatic nitrogens is 6. The molecule has 0 bridgehead atoms. The second-order valence-corrected chi connectivity index (χ2v) is 45.3. The van der Waals surface area contributed by atoms with Gasteiger partial charge in [0.1, 0.15) is 23.1 Å². The van der Waals surface area contributed by atoms with E-state index in [9.17, 15) is 10.2 Å². The van der Waals surface area contributed by atoms with Crippen LogP contribution >= 0.6 is 15.8 Å². The van der Waals surface area contributed by atoms with E-state index in [0.29, 0.717) is 34.2 Å². The summed E-state index contributed by atoms with van der Waals surface area (Å²) in [6, 6.07) is 99.0. The minimum Gasteiger partial charge on any atom is -0.507 e. The Bertz CT molecular complexity index is 5860. The number of hydrogen-bond acceptors (Lipinski definition) is 6. The summed E-state index contributed by atoms with van der Waals surface area (Å²) < 4.78 is 4.61. The van der Waals surface area contributed by atoms with Gasteiger partial charge in [-0.2, -0.15) is 0 Å². The van der Waals surface area contributed by atoms with Crippen molar-refractivity contribution in [1.29, 1.82) is 0 Å². The van der Waals surface area contributed by atoms with E-state index in [4.69, 9.17) is 19.9 Å². The Morgan fingerprint density at radius 3 is 0.828 bits per heavy atom. The Morgan fingerprint density at radius 2 is 0.549 bits per heavy atom. The van der Waals surface area contributed by atoms with Gasteiger partial charge >= 0.3 is 0 Å². The average Bonchev–Trinajstić information content (AvgIpc) is 1.57. The van der Waals surface area contributed by atoms with E-state index in [1.54, 1.807) is 6.33 Å². The second kappa shape index (κ2) is 33.9. The minimum absolute atomic E-state index is 0. The number of rotatable bonds is 14. The number of benzene rings is 12. The van der Waals surface area contributed by atoms with Crippen LogP contribution in [0, 0.1) is 12.1 Å². The van der Waals surface area contributed by atoms with Gasteiger partial charge in [0.25, 0.3) is 0 Å². The predicted molar refractivity (Wildman–Crippen MR) is 512 cm³/mol. The van der Waals surface area contributed by atoms with Crippen molar-refractivity contribution in [3.05, 3.63) is 312 Å². The van der Waals surface area contributed by atoms with Crippen LogP contribution in [0.4, 0.5) is 0 Å². The molecule has 0 saturated heterocycles. The molecule has 0 radical (unpaired) electrons. The van der Waals surface area contributed by atoms with Crippen molar-refractivity contribution >= 4 is 69.7 Å². The quantitative estimate of drug-likeness (QED) is 0.0831. The second-order valence-electron chi connectivity index (χ2n) is 40.9. The summed E-state index contributed by atoms with van der Waals surface area (Å²) in [6.45, 7) is 53.9. The number of para-hydroxylation sites is 2. The Balaban J connectivity index is 0.00000641. The van der Waals surface area contributed by atoms with Crippen molar-refractivity contribution in [2.45, 2.75) is 209 Å². The number of phenolic OH excluding ortho intramolecular Hbond substituents is 2. The van der Waals surface area contributed by atoms with Gasteiger partial charge in [0, 0.05) is 76.0 Å².